The van der Waals surface area contributed by atoms with Crippen LogP contribution >= 0.6 is 0 Å². The van der Waals surface area contributed by atoms with Gasteiger partial charge in [-0.05, 0) is 66.4 Å². The molecule has 3 heteroatoms. The van der Waals surface area contributed by atoms with Crippen LogP contribution in [0.25, 0.3) is 11.1 Å². The summed E-state index contributed by atoms with van der Waals surface area (Å²) in [6.45, 7) is 3.52. The van der Waals surface area contributed by atoms with Crippen LogP contribution in [0.4, 0.5) is 0 Å². The smallest absolute Gasteiger partial charge is 0.128 e. The van der Waals surface area contributed by atoms with E-state index in [0.717, 1.165) is 28.0 Å². The van der Waals surface area contributed by atoms with Gasteiger partial charge < -0.3 is 14.9 Å². The van der Waals surface area contributed by atoms with Gasteiger partial charge in [0.25, 0.3) is 0 Å². The van der Waals surface area contributed by atoms with Crippen LogP contribution in [0.3, 0.4) is 0 Å². The van der Waals surface area contributed by atoms with Crippen molar-refractivity contribution in [1.29, 1.82) is 0 Å². The lowest BCUT2D eigenvalue weighted by Gasteiger charge is -2.18. The molecule has 0 aromatic heterocycles. The van der Waals surface area contributed by atoms with Crippen molar-refractivity contribution in [3.8, 4) is 22.6 Å². The number of rotatable bonds is 5. The number of ether oxygens (including phenoxy) is 1. The summed E-state index contributed by atoms with van der Waals surface area (Å²) >= 11 is 0. The Labute approximate surface area is 148 Å². The van der Waals surface area contributed by atoms with E-state index in [1.54, 1.807) is 26.0 Å². The highest BCUT2D eigenvalue weighted by atomic mass is 16.5. The number of hydrogen-bond donors (Lipinski definition) is 2. The van der Waals surface area contributed by atoms with Gasteiger partial charge in [-0.15, -0.1) is 0 Å². The van der Waals surface area contributed by atoms with Gasteiger partial charge >= 0.3 is 0 Å². The minimum Gasteiger partial charge on any atom is -0.457 e. The Balaban J connectivity index is 1.81. The predicted molar refractivity (Wildman–Crippen MR) is 98.4 cm³/mol. The molecule has 3 aromatic rings. The Morgan fingerprint density at radius 3 is 2.28 bits per heavy atom. The molecule has 127 valence electrons. The Hall–Kier alpha value is -2.62. The molecule has 25 heavy (non-hydrogen) atoms. The van der Waals surface area contributed by atoms with Crippen LogP contribution in [0.2, 0.25) is 0 Å². The molecule has 1 radical (unpaired) electrons. The summed E-state index contributed by atoms with van der Waals surface area (Å²) in [6, 6.07) is 24.0. The lowest BCUT2D eigenvalue weighted by molar-refractivity contribution is 0.0786. The summed E-state index contributed by atoms with van der Waals surface area (Å²) in [6.07, 6.45) is 0. The molecule has 0 atom stereocenters. The maximum atomic E-state index is 10.1. The summed E-state index contributed by atoms with van der Waals surface area (Å²) in [5.41, 5.74) is 2.85. The number of hydrogen-bond acceptors (Lipinski definition) is 3. The summed E-state index contributed by atoms with van der Waals surface area (Å²) in [7, 11) is 0. The fourth-order valence-electron chi connectivity index (χ4n) is 2.55. The van der Waals surface area contributed by atoms with Crippen LogP contribution in [0.15, 0.2) is 66.7 Å². The first-order valence-corrected chi connectivity index (χ1v) is 8.18. The van der Waals surface area contributed by atoms with Crippen molar-refractivity contribution < 1.29 is 14.9 Å². The number of aliphatic hydroxyl groups is 2. The molecule has 0 amide bonds. The van der Waals surface area contributed by atoms with E-state index in [9.17, 15) is 5.11 Å². The first-order chi connectivity index (χ1) is 12.0. The summed E-state index contributed by atoms with van der Waals surface area (Å²) in [4.78, 5) is 0. The fraction of sp³-hybridized carbons (Fsp3) is 0.182. The quantitative estimate of drug-likeness (QED) is 0.713. The van der Waals surface area contributed by atoms with Crippen molar-refractivity contribution in [2.24, 2.45) is 0 Å². The van der Waals surface area contributed by atoms with E-state index in [1.165, 1.54) is 0 Å². The largest absolute Gasteiger partial charge is 0.457 e. The molecule has 0 bridgehead atoms. The van der Waals surface area contributed by atoms with Crippen molar-refractivity contribution in [2.75, 3.05) is 0 Å². The van der Waals surface area contributed by atoms with Crippen LogP contribution in [-0.2, 0) is 12.2 Å². The van der Waals surface area contributed by atoms with Crippen molar-refractivity contribution in [2.45, 2.75) is 26.1 Å². The lowest BCUT2D eigenvalue weighted by atomic mass is 9.95. The maximum absolute atomic E-state index is 10.1. The van der Waals surface area contributed by atoms with Crippen molar-refractivity contribution in [3.63, 3.8) is 0 Å². The third-order valence-corrected chi connectivity index (χ3v) is 4.01. The van der Waals surface area contributed by atoms with Crippen LogP contribution in [0.5, 0.6) is 11.5 Å². The van der Waals surface area contributed by atoms with Gasteiger partial charge in [0.1, 0.15) is 11.5 Å². The Bertz CT molecular complexity index is 828. The van der Waals surface area contributed by atoms with Gasteiger partial charge in [-0.1, -0.05) is 42.5 Å². The highest BCUT2D eigenvalue weighted by Crippen LogP contribution is 2.29. The van der Waals surface area contributed by atoms with E-state index in [-0.39, 0.29) is 6.61 Å². The van der Waals surface area contributed by atoms with E-state index in [4.69, 9.17) is 9.84 Å². The SMILES string of the molecule is CC(C)(O)c1ccc(-c2cccc(Oc3c[c]c(CO)cc3)c2)cc1. The zero-order valence-corrected chi connectivity index (χ0v) is 14.4. The molecule has 0 aliphatic rings. The van der Waals surface area contributed by atoms with Gasteiger partial charge in [0.15, 0.2) is 0 Å². The lowest BCUT2D eigenvalue weighted by Crippen LogP contribution is -2.14. The van der Waals surface area contributed by atoms with Gasteiger partial charge in [-0.2, -0.15) is 0 Å². The standard InChI is InChI=1S/C22H21O3/c1-22(2,24)19-10-8-17(9-11-19)18-4-3-5-21(14-18)25-20-12-6-16(15-23)7-13-20/h3-6,8-14,23-24H,15H2,1-2H3. The summed E-state index contributed by atoms with van der Waals surface area (Å²) in [5, 5.41) is 19.1. The molecule has 3 aromatic carbocycles. The Morgan fingerprint density at radius 2 is 1.68 bits per heavy atom. The van der Waals surface area contributed by atoms with Crippen molar-refractivity contribution in [3.05, 3.63) is 83.9 Å². The molecule has 0 spiro atoms. The van der Waals surface area contributed by atoms with Crippen molar-refractivity contribution >= 4 is 0 Å². The average Bonchev–Trinajstić information content (AvgIpc) is 2.62. The van der Waals surface area contributed by atoms with E-state index < -0.39 is 5.60 Å². The Morgan fingerprint density at radius 1 is 0.920 bits per heavy atom. The van der Waals surface area contributed by atoms with Crippen LogP contribution in [-0.4, -0.2) is 10.2 Å². The molecule has 3 nitrogen and oxygen atoms in total. The van der Waals surface area contributed by atoms with Gasteiger partial charge in [0.2, 0.25) is 0 Å². The monoisotopic (exact) mass is 333 g/mol. The molecule has 0 unspecified atom stereocenters. The van der Waals surface area contributed by atoms with E-state index in [1.807, 2.05) is 54.6 Å². The molecule has 0 saturated heterocycles. The zero-order valence-electron chi connectivity index (χ0n) is 14.4. The molecule has 0 aliphatic heterocycles. The second-order valence-corrected chi connectivity index (χ2v) is 6.47. The predicted octanol–water partition coefficient (Wildman–Crippen LogP) is 4.67. The van der Waals surface area contributed by atoms with Crippen LogP contribution < -0.4 is 4.74 Å². The minimum atomic E-state index is -0.847. The van der Waals surface area contributed by atoms with Gasteiger partial charge in [0, 0.05) is 0 Å². The molecule has 0 fully saturated rings. The molecular formula is C22H21O3. The first-order valence-electron chi connectivity index (χ1n) is 8.18. The third kappa shape index (κ3) is 4.27. The average molecular weight is 333 g/mol. The minimum absolute atomic E-state index is 0.0313. The second kappa shape index (κ2) is 7.09. The number of aliphatic hydroxyl groups excluding tert-OH is 1. The van der Waals surface area contributed by atoms with E-state index in [2.05, 4.69) is 6.07 Å². The third-order valence-electron chi connectivity index (χ3n) is 4.01. The summed E-state index contributed by atoms with van der Waals surface area (Å²) < 4.78 is 5.87. The highest BCUT2D eigenvalue weighted by molar-refractivity contribution is 5.65. The second-order valence-electron chi connectivity index (χ2n) is 6.47. The molecule has 2 N–H and O–H groups in total. The van der Waals surface area contributed by atoms with Gasteiger partial charge in [-0.3, -0.25) is 0 Å². The summed E-state index contributed by atoms with van der Waals surface area (Å²) in [5.74, 6) is 1.40. The fourth-order valence-corrected chi connectivity index (χ4v) is 2.55. The molecule has 0 aliphatic carbocycles. The first kappa shape index (κ1) is 17.2. The highest BCUT2D eigenvalue weighted by Gasteiger charge is 2.15. The normalized spacial score (nSPS) is 11.4. The van der Waals surface area contributed by atoms with E-state index >= 15 is 0 Å². The Kier molecular flexibility index (Phi) is 4.88. The van der Waals surface area contributed by atoms with E-state index in [0.29, 0.717) is 5.75 Å². The van der Waals surface area contributed by atoms with Crippen LogP contribution in [0.1, 0.15) is 25.0 Å². The molecule has 3 rings (SSSR count). The molecular weight excluding hydrogens is 312 g/mol. The number of benzene rings is 3. The van der Waals surface area contributed by atoms with Gasteiger partial charge in [0.05, 0.1) is 12.2 Å². The molecule has 0 saturated carbocycles. The van der Waals surface area contributed by atoms with Crippen LogP contribution in [0, 0.1) is 6.07 Å². The zero-order chi connectivity index (χ0) is 17.9. The molecule has 0 heterocycles. The van der Waals surface area contributed by atoms with Crippen molar-refractivity contribution in [1.82, 2.24) is 0 Å². The van der Waals surface area contributed by atoms with Gasteiger partial charge in [-0.25, -0.2) is 0 Å². The topological polar surface area (TPSA) is 49.7 Å². The maximum Gasteiger partial charge on any atom is 0.128 e.